The quantitative estimate of drug-likeness (QED) is 0.509. The van der Waals surface area contributed by atoms with Crippen LogP contribution < -0.4 is 0 Å². The van der Waals surface area contributed by atoms with E-state index in [0.29, 0.717) is 0 Å². The Morgan fingerprint density at radius 3 is 2.42 bits per heavy atom. The van der Waals surface area contributed by atoms with Crippen LogP contribution in [0.4, 0.5) is 0 Å². The maximum atomic E-state index is 6.27. The van der Waals surface area contributed by atoms with Crippen LogP contribution in [0.15, 0.2) is 46.9 Å². The van der Waals surface area contributed by atoms with Gasteiger partial charge in [0, 0.05) is 9.50 Å². The standard InChI is InChI=1S/C16H15Br2Cl/c1-2-3-11-4-6-12(7-5-11)16(18)14-10-13(17)8-9-15(14)19/h4-10,16H,2-3H2,1H3. The summed E-state index contributed by atoms with van der Waals surface area (Å²) < 4.78 is 1.04. The zero-order valence-electron chi connectivity index (χ0n) is 10.7. The van der Waals surface area contributed by atoms with Crippen LogP contribution in [0.5, 0.6) is 0 Å². The van der Waals surface area contributed by atoms with Crippen LogP contribution >= 0.6 is 43.5 Å². The minimum absolute atomic E-state index is 0.119. The molecule has 0 N–H and O–H groups in total. The van der Waals surface area contributed by atoms with Crippen LogP contribution in [-0.4, -0.2) is 0 Å². The number of hydrogen-bond acceptors (Lipinski definition) is 0. The summed E-state index contributed by atoms with van der Waals surface area (Å²) in [6, 6.07) is 14.7. The molecule has 0 bridgehead atoms. The molecule has 2 rings (SSSR count). The van der Waals surface area contributed by atoms with Crippen molar-refractivity contribution in [1.82, 2.24) is 0 Å². The minimum Gasteiger partial charge on any atom is -0.0840 e. The number of halogens is 3. The Bertz CT molecular complexity index is 549. The molecule has 1 atom stereocenters. The number of alkyl halides is 1. The third kappa shape index (κ3) is 3.84. The van der Waals surface area contributed by atoms with Gasteiger partial charge in [-0.3, -0.25) is 0 Å². The van der Waals surface area contributed by atoms with Crippen LogP contribution in [0.25, 0.3) is 0 Å². The van der Waals surface area contributed by atoms with E-state index >= 15 is 0 Å². The first-order valence-electron chi connectivity index (χ1n) is 6.29. The van der Waals surface area contributed by atoms with Gasteiger partial charge in [0.15, 0.2) is 0 Å². The smallest absolute Gasteiger partial charge is 0.0659 e. The van der Waals surface area contributed by atoms with Gasteiger partial charge >= 0.3 is 0 Å². The molecule has 0 nitrogen and oxygen atoms in total. The molecule has 0 aromatic heterocycles. The molecule has 0 spiro atoms. The monoisotopic (exact) mass is 400 g/mol. The van der Waals surface area contributed by atoms with Gasteiger partial charge in [0.1, 0.15) is 0 Å². The maximum absolute atomic E-state index is 6.27. The van der Waals surface area contributed by atoms with Crippen molar-refractivity contribution in [3.63, 3.8) is 0 Å². The molecule has 0 aliphatic rings. The van der Waals surface area contributed by atoms with Gasteiger partial charge in [0.2, 0.25) is 0 Å². The zero-order valence-corrected chi connectivity index (χ0v) is 14.6. The van der Waals surface area contributed by atoms with Gasteiger partial charge < -0.3 is 0 Å². The lowest BCUT2D eigenvalue weighted by Gasteiger charge is -2.13. The molecular weight excluding hydrogens is 387 g/mol. The third-order valence-corrected chi connectivity index (χ3v) is 4.90. The summed E-state index contributed by atoms with van der Waals surface area (Å²) in [6.07, 6.45) is 2.30. The minimum atomic E-state index is 0.119. The van der Waals surface area contributed by atoms with Crippen molar-refractivity contribution < 1.29 is 0 Å². The first kappa shape index (κ1) is 15.1. The number of aryl methyl sites for hydroxylation is 1. The molecule has 2 aromatic carbocycles. The van der Waals surface area contributed by atoms with Crippen molar-refractivity contribution in [3.05, 3.63) is 68.7 Å². The van der Waals surface area contributed by atoms with Gasteiger partial charge in [0.05, 0.1) is 4.83 Å². The van der Waals surface area contributed by atoms with Crippen molar-refractivity contribution in [3.8, 4) is 0 Å². The Labute approximate surface area is 136 Å². The average molecular weight is 403 g/mol. The molecule has 19 heavy (non-hydrogen) atoms. The number of benzene rings is 2. The predicted octanol–water partition coefficient (Wildman–Crippen LogP) is 6.54. The lowest BCUT2D eigenvalue weighted by atomic mass is 10.0. The third-order valence-electron chi connectivity index (χ3n) is 3.04. The Kier molecular flexibility index (Phi) is 5.49. The van der Waals surface area contributed by atoms with Gasteiger partial charge in [-0.05, 0) is 41.3 Å². The van der Waals surface area contributed by atoms with E-state index in [1.165, 1.54) is 17.5 Å². The second-order valence-corrected chi connectivity index (χ2v) is 6.76. The van der Waals surface area contributed by atoms with E-state index in [9.17, 15) is 0 Å². The molecule has 3 heteroatoms. The van der Waals surface area contributed by atoms with E-state index in [1.54, 1.807) is 0 Å². The molecule has 2 aromatic rings. The summed E-state index contributed by atoms with van der Waals surface area (Å²) in [5.41, 5.74) is 3.69. The highest BCUT2D eigenvalue weighted by atomic mass is 79.9. The number of hydrogen-bond donors (Lipinski definition) is 0. The normalized spacial score (nSPS) is 12.4. The molecule has 0 aliphatic carbocycles. The summed E-state index contributed by atoms with van der Waals surface area (Å²) in [5, 5.41) is 0.780. The molecule has 0 radical (unpaired) electrons. The predicted molar refractivity (Wildman–Crippen MR) is 90.4 cm³/mol. The fourth-order valence-electron chi connectivity index (χ4n) is 2.03. The van der Waals surface area contributed by atoms with E-state index < -0.39 is 0 Å². The number of rotatable bonds is 4. The van der Waals surface area contributed by atoms with Crippen molar-refractivity contribution in [2.75, 3.05) is 0 Å². The Morgan fingerprint density at radius 1 is 1.11 bits per heavy atom. The zero-order chi connectivity index (χ0) is 13.8. The van der Waals surface area contributed by atoms with Crippen molar-refractivity contribution in [2.45, 2.75) is 24.6 Å². The second kappa shape index (κ2) is 6.92. The van der Waals surface area contributed by atoms with Crippen molar-refractivity contribution >= 4 is 43.5 Å². The molecule has 0 amide bonds. The van der Waals surface area contributed by atoms with E-state index in [4.69, 9.17) is 11.6 Å². The molecule has 100 valence electrons. The summed E-state index contributed by atoms with van der Waals surface area (Å²) in [7, 11) is 0. The van der Waals surface area contributed by atoms with Crippen molar-refractivity contribution in [1.29, 1.82) is 0 Å². The van der Waals surface area contributed by atoms with Gasteiger partial charge in [-0.1, -0.05) is 81.1 Å². The highest BCUT2D eigenvalue weighted by molar-refractivity contribution is 9.10. The topological polar surface area (TPSA) is 0 Å². The average Bonchev–Trinajstić information content (AvgIpc) is 2.42. The van der Waals surface area contributed by atoms with Crippen LogP contribution in [0.3, 0.4) is 0 Å². The Balaban J connectivity index is 2.27. The first-order chi connectivity index (χ1) is 9.11. The van der Waals surface area contributed by atoms with Crippen LogP contribution in [-0.2, 0) is 6.42 Å². The molecule has 0 heterocycles. The molecule has 0 saturated carbocycles. The second-order valence-electron chi connectivity index (χ2n) is 4.52. The maximum Gasteiger partial charge on any atom is 0.0659 e. The summed E-state index contributed by atoms with van der Waals surface area (Å²) in [6.45, 7) is 2.20. The van der Waals surface area contributed by atoms with Gasteiger partial charge in [0.25, 0.3) is 0 Å². The fourth-order valence-corrected chi connectivity index (χ4v) is 3.45. The lowest BCUT2D eigenvalue weighted by Crippen LogP contribution is -1.95. The fraction of sp³-hybridized carbons (Fsp3) is 0.250. The van der Waals surface area contributed by atoms with Crippen molar-refractivity contribution in [2.24, 2.45) is 0 Å². The molecule has 1 unspecified atom stereocenters. The van der Waals surface area contributed by atoms with Gasteiger partial charge in [-0.15, -0.1) is 0 Å². The molecule has 0 saturated heterocycles. The van der Waals surface area contributed by atoms with Crippen LogP contribution in [0.2, 0.25) is 5.02 Å². The SMILES string of the molecule is CCCc1ccc(C(Br)c2cc(Br)ccc2Cl)cc1. The molecule has 0 aliphatic heterocycles. The highest BCUT2D eigenvalue weighted by Gasteiger charge is 2.14. The van der Waals surface area contributed by atoms with Crippen LogP contribution in [0, 0.1) is 0 Å². The highest BCUT2D eigenvalue weighted by Crippen LogP contribution is 2.36. The van der Waals surface area contributed by atoms with E-state index in [2.05, 4.69) is 69.1 Å². The summed E-state index contributed by atoms with van der Waals surface area (Å²) >= 11 is 13.5. The summed E-state index contributed by atoms with van der Waals surface area (Å²) in [5.74, 6) is 0. The molecule has 0 fully saturated rings. The lowest BCUT2D eigenvalue weighted by molar-refractivity contribution is 0.920. The first-order valence-corrected chi connectivity index (χ1v) is 8.38. The van der Waals surface area contributed by atoms with E-state index in [-0.39, 0.29) is 4.83 Å². The van der Waals surface area contributed by atoms with Crippen LogP contribution in [0.1, 0.15) is 34.9 Å². The Hall–Kier alpha value is -0.310. The Morgan fingerprint density at radius 2 is 1.79 bits per heavy atom. The van der Waals surface area contributed by atoms with E-state index in [1.807, 2.05) is 12.1 Å². The van der Waals surface area contributed by atoms with Gasteiger partial charge in [-0.25, -0.2) is 0 Å². The largest absolute Gasteiger partial charge is 0.0840 e. The summed E-state index contributed by atoms with van der Waals surface area (Å²) in [4.78, 5) is 0.119. The van der Waals surface area contributed by atoms with Gasteiger partial charge in [-0.2, -0.15) is 0 Å². The van der Waals surface area contributed by atoms with E-state index in [0.717, 1.165) is 21.5 Å². The molecular formula is C16H15Br2Cl.